The van der Waals surface area contributed by atoms with Crippen molar-refractivity contribution in [1.82, 2.24) is 4.57 Å². The number of carbonyl (C=O) groups is 1. The standard InChI is InChI=1S/C37H31IN2O5S2/c1-4-44-36(42)31-32(25-13-9-6-10-14-25)39-37-40(33(31)26-15-17-27(46-3)18-16-26)35(41)30(47-37)21-24-19-28(38)34(29(20-24)43-2)45-22-23-11-7-5-8-12-23/h5-21,33H,4,22H2,1-3H3/b30-21-. The number of rotatable bonds is 10. The monoisotopic (exact) mass is 774 g/mol. The summed E-state index contributed by atoms with van der Waals surface area (Å²) in [6.45, 7) is 2.36. The molecule has 1 atom stereocenters. The van der Waals surface area contributed by atoms with E-state index in [1.807, 2.05) is 109 Å². The molecule has 0 fully saturated rings. The summed E-state index contributed by atoms with van der Waals surface area (Å²) in [5.74, 6) is 0.694. The van der Waals surface area contributed by atoms with E-state index in [0.29, 0.717) is 38.7 Å². The molecule has 0 N–H and O–H groups in total. The van der Waals surface area contributed by atoms with Crippen LogP contribution in [0.1, 0.15) is 35.2 Å². The van der Waals surface area contributed by atoms with Gasteiger partial charge in [-0.1, -0.05) is 84.1 Å². The Labute approximate surface area is 294 Å². The van der Waals surface area contributed by atoms with Crippen molar-refractivity contribution < 1.29 is 19.0 Å². The second kappa shape index (κ2) is 14.7. The van der Waals surface area contributed by atoms with Gasteiger partial charge in [-0.25, -0.2) is 9.79 Å². The first-order chi connectivity index (χ1) is 22.9. The van der Waals surface area contributed by atoms with Crippen molar-refractivity contribution in [3.05, 3.63) is 148 Å². The second-order valence-corrected chi connectivity index (χ2v) is 13.6. The highest BCUT2D eigenvalue weighted by Crippen LogP contribution is 2.37. The Morgan fingerprint density at radius 3 is 2.38 bits per heavy atom. The lowest BCUT2D eigenvalue weighted by Crippen LogP contribution is -2.40. The summed E-state index contributed by atoms with van der Waals surface area (Å²) in [6, 6.07) is 30.5. The van der Waals surface area contributed by atoms with Crippen LogP contribution in [0.4, 0.5) is 0 Å². The lowest BCUT2D eigenvalue weighted by molar-refractivity contribution is -0.138. The smallest absolute Gasteiger partial charge is 0.338 e. The van der Waals surface area contributed by atoms with Crippen molar-refractivity contribution in [3.63, 3.8) is 0 Å². The topological polar surface area (TPSA) is 79.1 Å². The minimum atomic E-state index is -0.734. The normalized spacial score (nSPS) is 14.4. The van der Waals surface area contributed by atoms with Crippen LogP contribution >= 0.6 is 45.7 Å². The zero-order chi connectivity index (χ0) is 32.9. The molecular weight excluding hydrogens is 743 g/mol. The van der Waals surface area contributed by atoms with Gasteiger partial charge in [0.15, 0.2) is 16.3 Å². The van der Waals surface area contributed by atoms with Crippen molar-refractivity contribution in [3.8, 4) is 11.5 Å². The Balaban J connectivity index is 1.50. The molecule has 5 aromatic rings. The number of methoxy groups -OCH3 is 1. The van der Waals surface area contributed by atoms with E-state index in [1.165, 1.54) is 11.3 Å². The van der Waals surface area contributed by atoms with Gasteiger partial charge in [0.1, 0.15) is 6.61 Å². The number of hydrogen-bond acceptors (Lipinski definition) is 8. The van der Waals surface area contributed by atoms with Gasteiger partial charge in [-0.3, -0.25) is 9.36 Å². The fourth-order valence-electron chi connectivity index (χ4n) is 5.39. The van der Waals surface area contributed by atoms with E-state index in [9.17, 15) is 9.59 Å². The third-order valence-corrected chi connectivity index (χ3v) is 10.1. The number of hydrogen-bond donors (Lipinski definition) is 0. The van der Waals surface area contributed by atoms with Crippen LogP contribution in [-0.2, 0) is 16.1 Å². The molecule has 0 aliphatic carbocycles. The molecule has 0 radical (unpaired) electrons. The maximum atomic E-state index is 14.3. The quantitative estimate of drug-likeness (QED) is 0.0879. The van der Waals surface area contributed by atoms with E-state index < -0.39 is 12.0 Å². The van der Waals surface area contributed by atoms with Crippen molar-refractivity contribution in [2.45, 2.75) is 24.5 Å². The van der Waals surface area contributed by atoms with E-state index in [4.69, 9.17) is 19.2 Å². The maximum Gasteiger partial charge on any atom is 0.338 e. The lowest BCUT2D eigenvalue weighted by Gasteiger charge is -2.26. The van der Waals surface area contributed by atoms with Gasteiger partial charge in [0.25, 0.3) is 5.56 Å². The van der Waals surface area contributed by atoms with Crippen molar-refractivity contribution >= 4 is 63.4 Å². The lowest BCUT2D eigenvalue weighted by atomic mass is 9.93. The van der Waals surface area contributed by atoms with Crippen LogP contribution in [0, 0.1) is 3.57 Å². The predicted molar refractivity (Wildman–Crippen MR) is 196 cm³/mol. The Morgan fingerprint density at radius 2 is 1.72 bits per heavy atom. The predicted octanol–water partition coefficient (Wildman–Crippen LogP) is 6.85. The van der Waals surface area contributed by atoms with Gasteiger partial charge in [-0.2, -0.15) is 0 Å². The van der Waals surface area contributed by atoms with Crippen molar-refractivity contribution in [2.75, 3.05) is 20.0 Å². The van der Waals surface area contributed by atoms with Crippen LogP contribution < -0.4 is 24.4 Å². The Morgan fingerprint density at radius 1 is 1.02 bits per heavy atom. The average molecular weight is 775 g/mol. The largest absolute Gasteiger partial charge is 0.493 e. The molecule has 0 saturated heterocycles. The molecule has 6 rings (SSSR count). The fourth-order valence-corrected chi connectivity index (χ4v) is 7.58. The molecule has 1 aliphatic rings. The van der Waals surface area contributed by atoms with Crippen LogP contribution in [-0.4, -0.2) is 30.5 Å². The number of halogens is 1. The third kappa shape index (κ3) is 6.95. The number of aromatic nitrogens is 1. The molecule has 1 unspecified atom stereocenters. The first-order valence-corrected chi connectivity index (χ1v) is 18.0. The first kappa shape index (κ1) is 32.8. The molecule has 0 saturated carbocycles. The second-order valence-electron chi connectivity index (χ2n) is 10.5. The van der Waals surface area contributed by atoms with Crippen LogP contribution in [0.15, 0.2) is 117 Å². The number of benzene rings is 4. The molecule has 0 bridgehead atoms. The summed E-state index contributed by atoms with van der Waals surface area (Å²) in [5, 5.41) is 0. The highest BCUT2D eigenvalue weighted by atomic mass is 127. The van der Waals surface area contributed by atoms with Gasteiger partial charge < -0.3 is 14.2 Å². The van der Waals surface area contributed by atoms with Crippen LogP contribution in [0.3, 0.4) is 0 Å². The molecule has 1 aliphatic heterocycles. The molecule has 47 heavy (non-hydrogen) atoms. The van der Waals surface area contributed by atoms with Crippen LogP contribution in [0.5, 0.6) is 11.5 Å². The maximum absolute atomic E-state index is 14.3. The summed E-state index contributed by atoms with van der Waals surface area (Å²) in [6.07, 6.45) is 3.84. The number of esters is 1. The van der Waals surface area contributed by atoms with E-state index in [2.05, 4.69) is 22.6 Å². The molecule has 4 aromatic carbocycles. The minimum Gasteiger partial charge on any atom is -0.493 e. The number of fused-ring (bicyclic) bond motifs is 1. The van der Waals surface area contributed by atoms with Gasteiger partial charge >= 0.3 is 5.97 Å². The van der Waals surface area contributed by atoms with Crippen LogP contribution in [0.25, 0.3) is 11.8 Å². The van der Waals surface area contributed by atoms with E-state index in [1.54, 1.807) is 30.4 Å². The fraction of sp³-hybridized carbons (Fsp3) is 0.162. The molecule has 0 amide bonds. The Bertz CT molecular complexity index is 2130. The molecule has 1 aromatic heterocycles. The van der Waals surface area contributed by atoms with E-state index in [0.717, 1.165) is 30.7 Å². The highest BCUT2D eigenvalue weighted by molar-refractivity contribution is 14.1. The average Bonchev–Trinajstić information content (AvgIpc) is 3.41. The van der Waals surface area contributed by atoms with Gasteiger partial charge in [0.05, 0.1) is 39.1 Å². The van der Waals surface area contributed by atoms with Gasteiger partial charge in [0.2, 0.25) is 0 Å². The van der Waals surface area contributed by atoms with Gasteiger partial charge in [-0.05, 0) is 82.8 Å². The molecule has 7 nitrogen and oxygen atoms in total. The molecule has 238 valence electrons. The summed E-state index contributed by atoms with van der Waals surface area (Å²) in [4.78, 5) is 34.5. The third-order valence-electron chi connectivity index (χ3n) is 7.58. The number of thioether (sulfide) groups is 1. The summed E-state index contributed by atoms with van der Waals surface area (Å²) >= 11 is 5.13. The molecular formula is C37H31IN2O5S2. The van der Waals surface area contributed by atoms with Gasteiger partial charge in [-0.15, -0.1) is 11.8 Å². The number of thiazole rings is 1. The Hall–Kier alpha value is -4.13. The number of nitrogens with zero attached hydrogens (tertiary/aromatic N) is 2. The minimum absolute atomic E-state index is 0.193. The van der Waals surface area contributed by atoms with E-state index in [-0.39, 0.29) is 12.2 Å². The van der Waals surface area contributed by atoms with Gasteiger partial charge in [0, 0.05) is 10.5 Å². The summed E-state index contributed by atoms with van der Waals surface area (Å²) in [5.41, 5.74) is 3.95. The summed E-state index contributed by atoms with van der Waals surface area (Å²) < 4.78 is 20.4. The molecule has 0 spiro atoms. The first-order valence-electron chi connectivity index (χ1n) is 14.9. The number of ether oxygens (including phenoxy) is 3. The van der Waals surface area contributed by atoms with Crippen LogP contribution in [0.2, 0.25) is 0 Å². The Kier molecular flexibility index (Phi) is 10.3. The summed E-state index contributed by atoms with van der Waals surface area (Å²) in [7, 11) is 1.60. The number of carbonyl (C=O) groups excluding carboxylic acids is 1. The highest BCUT2D eigenvalue weighted by Gasteiger charge is 2.35. The zero-order valence-corrected chi connectivity index (χ0v) is 29.7. The zero-order valence-electron chi connectivity index (χ0n) is 25.9. The SMILES string of the molecule is CCOC(=O)C1=C(c2ccccc2)N=c2s/c(=C\c3cc(I)c(OCc4ccccc4)c(OC)c3)c(=O)n2C1c1ccc(SC)cc1. The van der Waals surface area contributed by atoms with Crippen molar-refractivity contribution in [2.24, 2.45) is 4.99 Å². The molecule has 10 heteroatoms. The van der Waals surface area contributed by atoms with E-state index >= 15 is 0 Å². The van der Waals surface area contributed by atoms with Crippen molar-refractivity contribution in [1.29, 1.82) is 0 Å². The molecule has 2 heterocycles.